The van der Waals surface area contributed by atoms with Crippen LogP contribution in [0.2, 0.25) is 0 Å². The molecule has 1 aromatic carbocycles. The molecular formula is C18H17N3OS. The van der Waals surface area contributed by atoms with Gasteiger partial charge in [0.15, 0.2) is 0 Å². The van der Waals surface area contributed by atoms with E-state index in [4.69, 9.17) is 0 Å². The molecule has 116 valence electrons. The number of rotatable bonds is 4. The molecule has 0 aliphatic rings. The standard InChI is InChI=1S/C18H17N3OS/c1-13-3-2-4-16(9-13)21-18(22)20-11-14-5-7-19-17(10-14)15-6-8-23-12-15/h2-10,12H,11H2,1H3,(H2,20,21,22). The molecule has 3 rings (SSSR count). The van der Waals surface area contributed by atoms with Crippen LogP contribution in [-0.4, -0.2) is 11.0 Å². The third-order valence-electron chi connectivity index (χ3n) is 3.37. The van der Waals surface area contributed by atoms with E-state index in [-0.39, 0.29) is 6.03 Å². The van der Waals surface area contributed by atoms with Crippen molar-refractivity contribution in [3.05, 3.63) is 70.5 Å². The van der Waals surface area contributed by atoms with Gasteiger partial charge in [-0.2, -0.15) is 11.3 Å². The SMILES string of the molecule is Cc1cccc(NC(=O)NCc2ccnc(-c3ccsc3)c2)c1. The zero-order chi connectivity index (χ0) is 16.1. The Balaban J connectivity index is 1.60. The molecule has 2 amide bonds. The van der Waals surface area contributed by atoms with Crippen LogP contribution >= 0.6 is 11.3 Å². The van der Waals surface area contributed by atoms with Crippen LogP contribution in [0.4, 0.5) is 10.5 Å². The molecule has 0 radical (unpaired) electrons. The minimum atomic E-state index is -0.218. The molecule has 0 aliphatic heterocycles. The number of hydrogen-bond donors (Lipinski definition) is 2. The third kappa shape index (κ3) is 4.17. The van der Waals surface area contributed by atoms with Crippen molar-refractivity contribution in [2.45, 2.75) is 13.5 Å². The summed E-state index contributed by atoms with van der Waals surface area (Å²) in [5.74, 6) is 0. The molecule has 2 aromatic heterocycles. The molecule has 23 heavy (non-hydrogen) atoms. The zero-order valence-corrected chi connectivity index (χ0v) is 13.6. The van der Waals surface area contributed by atoms with E-state index >= 15 is 0 Å². The topological polar surface area (TPSA) is 54.0 Å². The van der Waals surface area contributed by atoms with E-state index in [9.17, 15) is 4.79 Å². The van der Waals surface area contributed by atoms with Gasteiger partial charge >= 0.3 is 6.03 Å². The summed E-state index contributed by atoms with van der Waals surface area (Å²) in [5, 5.41) is 9.78. The Morgan fingerprint density at radius 3 is 2.91 bits per heavy atom. The fraction of sp³-hybridized carbons (Fsp3) is 0.111. The van der Waals surface area contributed by atoms with Crippen LogP contribution in [0.15, 0.2) is 59.4 Å². The van der Waals surface area contributed by atoms with Crippen molar-refractivity contribution < 1.29 is 4.79 Å². The highest BCUT2D eigenvalue weighted by Crippen LogP contribution is 2.20. The summed E-state index contributed by atoms with van der Waals surface area (Å²) in [6, 6.07) is 13.4. The van der Waals surface area contributed by atoms with E-state index in [0.29, 0.717) is 6.54 Å². The second kappa shape index (κ2) is 7.07. The Labute approximate surface area is 139 Å². The van der Waals surface area contributed by atoms with Crippen LogP contribution in [-0.2, 0) is 6.54 Å². The molecule has 0 unspecified atom stereocenters. The van der Waals surface area contributed by atoms with Gasteiger partial charge in [-0.1, -0.05) is 12.1 Å². The number of carbonyl (C=O) groups is 1. The quantitative estimate of drug-likeness (QED) is 0.746. The average molecular weight is 323 g/mol. The fourth-order valence-electron chi connectivity index (χ4n) is 2.23. The number of aromatic nitrogens is 1. The van der Waals surface area contributed by atoms with Gasteiger partial charge < -0.3 is 10.6 Å². The number of carbonyl (C=O) groups excluding carboxylic acids is 1. The number of hydrogen-bond acceptors (Lipinski definition) is 3. The highest BCUT2D eigenvalue weighted by molar-refractivity contribution is 7.08. The summed E-state index contributed by atoms with van der Waals surface area (Å²) < 4.78 is 0. The molecule has 0 aliphatic carbocycles. The van der Waals surface area contributed by atoms with Crippen LogP contribution in [0.5, 0.6) is 0 Å². The number of amides is 2. The van der Waals surface area contributed by atoms with Gasteiger partial charge in [-0.25, -0.2) is 4.79 Å². The molecule has 2 heterocycles. The molecule has 2 N–H and O–H groups in total. The van der Waals surface area contributed by atoms with E-state index in [2.05, 4.69) is 21.0 Å². The van der Waals surface area contributed by atoms with Crippen LogP contribution in [0.1, 0.15) is 11.1 Å². The maximum atomic E-state index is 12.0. The van der Waals surface area contributed by atoms with Gasteiger partial charge in [-0.3, -0.25) is 4.98 Å². The number of thiophene rings is 1. The van der Waals surface area contributed by atoms with Crippen molar-refractivity contribution in [2.24, 2.45) is 0 Å². The zero-order valence-electron chi connectivity index (χ0n) is 12.7. The van der Waals surface area contributed by atoms with Crippen molar-refractivity contribution in [3.63, 3.8) is 0 Å². The highest BCUT2D eigenvalue weighted by atomic mass is 32.1. The minimum Gasteiger partial charge on any atom is -0.334 e. The van der Waals surface area contributed by atoms with Crippen LogP contribution < -0.4 is 10.6 Å². The summed E-state index contributed by atoms with van der Waals surface area (Å²) in [7, 11) is 0. The first-order valence-corrected chi connectivity index (χ1v) is 8.24. The number of nitrogens with zero attached hydrogens (tertiary/aromatic N) is 1. The monoisotopic (exact) mass is 323 g/mol. The lowest BCUT2D eigenvalue weighted by Crippen LogP contribution is -2.28. The smallest absolute Gasteiger partial charge is 0.319 e. The second-order valence-electron chi connectivity index (χ2n) is 5.24. The van der Waals surface area contributed by atoms with E-state index in [1.807, 2.05) is 54.8 Å². The third-order valence-corrected chi connectivity index (χ3v) is 4.05. The Kier molecular flexibility index (Phi) is 4.68. The van der Waals surface area contributed by atoms with Gasteiger partial charge in [-0.05, 0) is 53.8 Å². The minimum absolute atomic E-state index is 0.218. The van der Waals surface area contributed by atoms with Gasteiger partial charge in [0.25, 0.3) is 0 Å². The van der Waals surface area contributed by atoms with Crippen LogP contribution in [0.3, 0.4) is 0 Å². The number of anilines is 1. The Hall–Kier alpha value is -2.66. The van der Waals surface area contributed by atoms with Crippen molar-refractivity contribution in [3.8, 4) is 11.3 Å². The van der Waals surface area contributed by atoms with Gasteiger partial charge in [0, 0.05) is 29.4 Å². The van der Waals surface area contributed by atoms with Crippen molar-refractivity contribution in [1.82, 2.24) is 10.3 Å². The summed E-state index contributed by atoms with van der Waals surface area (Å²) in [6.45, 7) is 2.45. The first-order chi connectivity index (χ1) is 11.2. The maximum Gasteiger partial charge on any atom is 0.319 e. The maximum absolute atomic E-state index is 12.0. The molecule has 0 fully saturated rings. The number of aryl methyl sites for hydroxylation is 1. The lowest BCUT2D eigenvalue weighted by molar-refractivity contribution is 0.251. The van der Waals surface area contributed by atoms with Crippen LogP contribution in [0.25, 0.3) is 11.3 Å². The molecule has 4 nitrogen and oxygen atoms in total. The van der Waals surface area contributed by atoms with Gasteiger partial charge in [0.2, 0.25) is 0 Å². The average Bonchev–Trinajstić information content (AvgIpc) is 3.08. The number of nitrogens with one attached hydrogen (secondary N) is 2. The predicted molar refractivity (Wildman–Crippen MR) is 94.6 cm³/mol. The van der Waals surface area contributed by atoms with E-state index < -0.39 is 0 Å². The van der Waals surface area contributed by atoms with Crippen molar-refractivity contribution in [1.29, 1.82) is 0 Å². The molecule has 5 heteroatoms. The summed E-state index contributed by atoms with van der Waals surface area (Å²) in [5.41, 5.74) is 4.93. The lowest BCUT2D eigenvalue weighted by Gasteiger charge is -2.09. The van der Waals surface area contributed by atoms with Gasteiger partial charge in [-0.15, -0.1) is 0 Å². The number of urea groups is 1. The van der Waals surface area contributed by atoms with Crippen molar-refractivity contribution in [2.75, 3.05) is 5.32 Å². The molecular weight excluding hydrogens is 306 g/mol. The molecule has 0 bridgehead atoms. The predicted octanol–water partition coefficient (Wildman–Crippen LogP) is 4.44. The Morgan fingerprint density at radius 2 is 2.13 bits per heavy atom. The summed E-state index contributed by atoms with van der Waals surface area (Å²) >= 11 is 1.64. The second-order valence-corrected chi connectivity index (χ2v) is 6.02. The molecule has 3 aromatic rings. The summed E-state index contributed by atoms with van der Waals surface area (Å²) in [6.07, 6.45) is 1.77. The summed E-state index contributed by atoms with van der Waals surface area (Å²) in [4.78, 5) is 16.3. The highest BCUT2D eigenvalue weighted by Gasteiger charge is 2.04. The van der Waals surface area contributed by atoms with Gasteiger partial charge in [0.1, 0.15) is 0 Å². The lowest BCUT2D eigenvalue weighted by atomic mass is 10.1. The van der Waals surface area contributed by atoms with Crippen LogP contribution in [0, 0.1) is 6.92 Å². The normalized spacial score (nSPS) is 10.3. The van der Waals surface area contributed by atoms with Crippen molar-refractivity contribution >= 4 is 23.1 Å². The molecule has 0 spiro atoms. The Bertz CT molecular complexity index is 800. The number of benzene rings is 1. The van der Waals surface area contributed by atoms with E-state index in [1.54, 1.807) is 17.5 Å². The van der Waals surface area contributed by atoms with E-state index in [0.717, 1.165) is 28.1 Å². The van der Waals surface area contributed by atoms with E-state index in [1.165, 1.54) is 0 Å². The first kappa shape index (κ1) is 15.2. The number of pyridine rings is 1. The molecule has 0 saturated heterocycles. The Morgan fingerprint density at radius 1 is 1.22 bits per heavy atom. The van der Waals surface area contributed by atoms with Gasteiger partial charge in [0.05, 0.1) is 5.69 Å². The fourth-order valence-corrected chi connectivity index (χ4v) is 2.88. The molecule has 0 atom stereocenters. The molecule has 0 saturated carbocycles. The largest absolute Gasteiger partial charge is 0.334 e. The first-order valence-electron chi connectivity index (χ1n) is 7.30.